The fourth-order valence-electron chi connectivity index (χ4n) is 0.780. The number of aromatic carboxylic acids is 1. The summed E-state index contributed by atoms with van der Waals surface area (Å²) in [6, 6.07) is 1.35. The first kappa shape index (κ1) is 8.32. The standard InChI is InChI=1S/C7H8N2O3/c1-4(10)9-6-2-5(3-8-6)7(11)12/h2-3,8H,1H3,(H,9,10)(H,11,12). The topological polar surface area (TPSA) is 82.2 Å². The molecule has 0 atom stereocenters. The van der Waals surface area contributed by atoms with Crippen LogP contribution in [0, 0.1) is 0 Å². The van der Waals surface area contributed by atoms with Crippen molar-refractivity contribution in [3.63, 3.8) is 0 Å². The molecule has 0 radical (unpaired) electrons. The molecule has 0 aliphatic rings. The number of hydrogen-bond donors (Lipinski definition) is 3. The second-order valence-electron chi connectivity index (χ2n) is 2.29. The predicted octanol–water partition coefficient (Wildman–Crippen LogP) is 0.671. The van der Waals surface area contributed by atoms with Crippen LogP contribution in [0.1, 0.15) is 17.3 Å². The van der Waals surface area contributed by atoms with Crippen molar-refractivity contribution in [3.05, 3.63) is 17.8 Å². The number of aromatic nitrogens is 1. The number of amides is 1. The fraction of sp³-hybridized carbons (Fsp3) is 0.143. The molecule has 12 heavy (non-hydrogen) atoms. The molecule has 5 heteroatoms. The van der Waals surface area contributed by atoms with E-state index in [1.165, 1.54) is 19.2 Å². The van der Waals surface area contributed by atoms with Gasteiger partial charge in [0.2, 0.25) is 5.91 Å². The van der Waals surface area contributed by atoms with Gasteiger partial charge in [0, 0.05) is 13.1 Å². The number of hydrogen-bond acceptors (Lipinski definition) is 2. The van der Waals surface area contributed by atoms with Crippen LogP contribution in [0.15, 0.2) is 12.3 Å². The maximum Gasteiger partial charge on any atom is 0.337 e. The second-order valence-corrected chi connectivity index (χ2v) is 2.29. The average Bonchev–Trinajstić information content (AvgIpc) is 2.34. The monoisotopic (exact) mass is 168 g/mol. The lowest BCUT2D eigenvalue weighted by atomic mass is 10.3. The van der Waals surface area contributed by atoms with E-state index in [4.69, 9.17) is 5.11 Å². The van der Waals surface area contributed by atoms with Gasteiger partial charge in [-0.15, -0.1) is 0 Å². The van der Waals surface area contributed by atoms with Crippen LogP contribution in [0.3, 0.4) is 0 Å². The van der Waals surface area contributed by atoms with Gasteiger partial charge in [-0.05, 0) is 6.07 Å². The van der Waals surface area contributed by atoms with Crippen LogP contribution >= 0.6 is 0 Å². The van der Waals surface area contributed by atoms with Crippen LogP contribution in [0.5, 0.6) is 0 Å². The first-order chi connectivity index (χ1) is 5.59. The highest BCUT2D eigenvalue weighted by Crippen LogP contribution is 2.07. The maximum atomic E-state index is 10.5. The number of rotatable bonds is 2. The molecule has 0 aliphatic carbocycles. The van der Waals surface area contributed by atoms with E-state index in [-0.39, 0.29) is 11.5 Å². The molecule has 0 aromatic carbocycles. The van der Waals surface area contributed by atoms with Gasteiger partial charge in [-0.3, -0.25) is 4.79 Å². The van der Waals surface area contributed by atoms with Crippen LogP contribution in [0.25, 0.3) is 0 Å². The average molecular weight is 168 g/mol. The van der Waals surface area contributed by atoms with Gasteiger partial charge in [-0.2, -0.15) is 0 Å². The predicted molar refractivity (Wildman–Crippen MR) is 42.1 cm³/mol. The number of carboxylic acids is 1. The van der Waals surface area contributed by atoms with E-state index in [0.717, 1.165) is 0 Å². The SMILES string of the molecule is CC(=O)Nc1cc(C(=O)O)c[nH]1. The third-order valence-corrected chi connectivity index (χ3v) is 1.24. The molecule has 1 heterocycles. The third-order valence-electron chi connectivity index (χ3n) is 1.24. The van der Waals surface area contributed by atoms with E-state index in [2.05, 4.69) is 10.3 Å². The first-order valence-electron chi connectivity index (χ1n) is 3.29. The molecule has 0 saturated carbocycles. The Morgan fingerprint density at radius 2 is 2.25 bits per heavy atom. The van der Waals surface area contributed by atoms with Gasteiger partial charge in [0.1, 0.15) is 5.82 Å². The van der Waals surface area contributed by atoms with Crippen LogP contribution in [-0.4, -0.2) is 22.0 Å². The summed E-state index contributed by atoms with van der Waals surface area (Å²) in [5.41, 5.74) is 0.124. The molecular weight excluding hydrogens is 160 g/mol. The van der Waals surface area contributed by atoms with Crippen molar-refractivity contribution < 1.29 is 14.7 Å². The van der Waals surface area contributed by atoms with E-state index < -0.39 is 5.97 Å². The van der Waals surface area contributed by atoms with Crippen LogP contribution in [0.2, 0.25) is 0 Å². The van der Waals surface area contributed by atoms with Crippen molar-refractivity contribution in [1.29, 1.82) is 0 Å². The number of carbonyl (C=O) groups is 2. The third kappa shape index (κ3) is 1.85. The molecule has 0 aliphatic heterocycles. The van der Waals surface area contributed by atoms with Crippen molar-refractivity contribution in [3.8, 4) is 0 Å². The molecule has 1 aromatic heterocycles. The quantitative estimate of drug-likeness (QED) is 0.607. The molecule has 0 saturated heterocycles. The van der Waals surface area contributed by atoms with Gasteiger partial charge in [-0.1, -0.05) is 0 Å². The van der Waals surface area contributed by atoms with Crippen LogP contribution < -0.4 is 5.32 Å². The Balaban J connectivity index is 2.77. The van der Waals surface area contributed by atoms with Crippen molar-refractivity contribution >= 4 is 17.7 Å². The lowest BCUT2D eigenvalue weighted by molar-refractivity contribution is -0.114. The normalized spacial score (nSPS) is 9.42. The largest absolute Gasteiger partial charge is 0.478 e. The molecule has 64 valence electrons. The van der Waals surface area contributed by atoms with Gasteiger partial charge in [0.05, 0.1) is 5.56 Å². The maximum absolute atomic E-state index is 10.5. The lowest BCUT2D eigenvalue weighted by Crippen LogP contribution is -2.05. The van der Waals surface area contributed by atoms with Crippen molar-refractivity contribution in [2.24, 2.45) is 0 Å². The molecule has 0 bridgehead atoms. The molecular formula is C7H8N2O3. The lowest BCUT2D eigenvalue weighted by Gasteiger charge is -1.94. The number of anilines is 1. The van der Waals surface area contributed by atoms with Gasteiger partial charge in [0.25, 0.3) is 0 Å². The van der Waals surface area contributed by atoms with E-state index >= 15 is 0 Å². The summed E-state index contributed by atoms with van der Waals surface area (Å²) in [5, 5.41) is 10.9. The Bertz CT molecular complexity index is 316. The Kier molecular flexibility index (Phi) is 2.14. The van der Waals surface area contributed by atoms with Gasteiger partial charge < -0.3 is 15.4 Å². The first-order valence-corrected chi connectivity index (χ1v) is 3.29. The van der Waals surface area contributed by atoms with Gasteiger partial charge >= 0.3 is 5.97 Å². The van der Waals surface area contributed by atoms with Crippen molar-refractivity contribution in [1.82, 2.24) is 4.98 Å². The highest BCUT2D eigenvalue weighted by atomic mass is 16.4. The van der Waals surface area contributed by atoms with E-state index in [0.29, 0.717) is 5.82 Å². The number of aromatic amines is 1. The number of carboxylic acid groups (broad SMARTS) is 1. The Hall–Kier alpha value is -1.78. The zero-order valence-electron chi connectivity index (χ0n) is 6.42. The summed E-state index contributed by atoms with van der Waals surface area (Å²) in [7, 11) is 0. The Labute approximate surface area is 68.4 Å². The summed E-state index contributed by atoms with van der Waals surface area (Å²) in [6.07, 6.45) is 1.31. The van der Waals surface area contributed by atoms with Gasteiger partial charge in [-0.25, -0.2) is 4.79 Å². The highest BCUT2D eigenvalue weighted by molar-refractivity contribution is 5.92. The summed E-state index contributed by atoms with van der Waals surface area (Å²) in [4.78, 5) is 23.5. The minimum Gasteiger partial charge on any atom is -0.478 e. The highest BCUT2D eigenvalue weighted by Gasteiger charge is 2.05. The molecule has 5 nitrogen and oxygen atoms in total. The van der Waals surface area contributed by atoms with Crippen LogP contribution in [-0.2, 0) is 4.79 Å². The molecule has 0 fully saturated rings. The van der Waals surface area contributed by atoms with E-state index in [1.807, 2.05) is 0 Å². The zero-order valence-corrected chi connectivity index (χ0v) is 6.42. The second kappa shape index (κ2) is 3.08. The van der Waals surface area contributed by atoms with Crippen molar-refractivity contribution in [2.75, 3.05) is 5.32 Å². The molecule has 1 rings (SSSR count). The fourth-order valence-corrected chi connectivity index (χ4v) is 0.780. The van der Waals surface area contributed by atoms with Crippen molar-refractivity contribution in [2.45, 2.75) is 6.92 Å². The molecule has 0 unspecified atom stereocenters. The minimum atomic E-state index is -1.03. The molecule has 3 N–H and O–H groups in total. The molecule has 0 spiro atoms. The summed E-state index contributed by atoms with van der Waals surface area (Å²) < 4.78 is 0. The van der Waals surface area contributed by atoms with E-state index in [1.54, 1.807) is 0 Å². The van der Waals surface area contributed by atoms with Gasteiger partial charge in [0.15, 0.2) is 0 Å². The van der Waals surface area contributed by atoms with Crippen LogP contribution in [0.4, 0.5) is 5.82 Å². The molecule has 1 amide bonds. The zero-order chi connectivity index (χ0) is 9.14. The Morgan fingerprint density at radius 3 is 2.67 bits per heavy atom. The summed E-state index contributed by atoms with van der Waals surface area (Å²) in [6.45, 7) is 1.35. The number of nitrogens with one attached hydrogen (secondary N) is 2. The summed E-state index contributed by atoms with van der Waals surface area (Å²) >= 11 is 0. The smallest absolute Gasteiger partial charge is 0.337 e. The minimum absolute atomic E-state index is 0.124. The summed E-state index contributed by atoms with van der Waals surface area (Å²) in [5.74, 6) is -0.878. The molecule has 1 aromatic rings. The number of carbonyl (C=O) groups excluding carboxylic acids is 1. The Morgan fingerprint density at radius 1 is 1.58 bits per heavy atom. The van der Waals surface area contributed by atoms with E-state index in [9.17, 15) is 9.59 Å². The number of H-pyrrole nitrogens is 1.